The zero-order valence-electron chi connectivity index (χ0n) is 14.8. The number of thiophene rings is 1. The van der Waals surface area contributed by atoms with Crippen LogP contribution in [0.15, 0.2) is 4.79 Å². The van der Waals surface area contributed by atoms with Crippen LogP contribution in [-0.4, -0.2) is 46.0 Å². The van der Waals surface area contributed by atoms with Crippen LogP contribution >= 0.6 is 11.3 Å². The van der Waals surface area contributed by atoms with E-state index in [0.717, 1.165) is 55.0 Å². The summed E-state index contributed by atoms with van der Waals surface area (Å²) in [5.41, 5.74) is 0.830. The van der Waals surface area contributed by atoms with Gasteiger partial charge < -0.3 is 10.2 Å². The number of hydrogen-bond acceptors (Lipinski definition) is 5. The second kappa shape index (κ2) is 6.53. The molecule has 0 radical (unpaired) electrons. The third-order valence-corrected chi connectivity index (χ3v) is 6.44. The van der Waals surface area contributed by atoms with Crippen LogP contribution in [0.25, 0.3) is 10.2 Å². The lowest BCUT2D eigenvalue weighted by Crippen LogP contribution is -2.51. The first kappa shape index (κ1) is 16.7. The zero-order valence-corrected chi connectivity index (χ0v) is 15.6. The second-order valence-corrected chi connectivity index (χ2v) is 8.14. The molecule has 1 amide bonds. The largest absolute Gasteiger partial charge is 0.335 e. The summed E-state index contributed by atoms with van der Waals surface area (Å²) in [5.74, 6) is 0.916. The van der Waals surface area contributed by atoms with E-state index in [0.29, 0.717) is 29.4 Å². The minimum absolute atomic E-state index is 0.0309. The fourth-order valence-electron chi connectivity index (χ4n) is 3.87. The number of hydrogen-bond donors (Lipinski definition) is 1. The summed E-state index contributed by atoms with van der Waals surface area (Å²) in [6.07, 6.45) is 4.08. The molecule has 1 fully saturated rings. The third-order valence-electron chi connectivity index (χ3n) is 5.26. The molecule has 2 aliphatic rings. The molecule has 1 atom stereocenters. The lowest BCUT2D eigenvalue weighted by molar-refractivity contribution is 0.0713. The van der Waals surface area contributed by atoms with Gasteiger partial charge in [-0.05, 0) is 32.3 Å². The molecule has 2 aromatic heterocycles. The number of aryl methyl sites for hydroxylation is 2. The Morgan fingerprint density at radius 3 is 2.92 bits per heavy atom. The first-order valence-corrected chi connectivity index (χ1v) is 9.93. The van der Waals surface area contributed by atoms with Crippen molar-refractivity contribution in [3.63, 3.8) is 0 Å². The number of nitrogens with zero attached hydrogens (tertiary/aromatic N) is 3. The van der Waals surface area contributed by atoms with Gasteiger partial charge in [0.2, 0.25) is 0 Å². The molecule has 0 spiro atoms. The van der Waals surface area contributed by atoms with Gasteiger partial charge in [0.05, 0.1) is 10.3 Å². The highest BCUT2D eigenvalue weighted by Gasteiger charge is 2.27. The van der Waals surface area contributed by atoms with E-state index < -0.39 is 0 Å². The molecular formula is C18H24N4O2S. The van der Waals surface area contributed by atoms with Crippen LogP contribution in [0.4, 0.5) is 0 Å². The Kier molecular flexibility index (Phi) is 4.37. The summed E-state index contributed by atoms with van der Waals surface area (Å²) in [5, 5.41) is 4.00. The Morgan fingerprint density at radius 1 is 1.28 bits per heavy atom. The molecule has 0 aromatic carbocycles. The molecule has 4 rings (SSSR count). The van der Waals surface area contributed by atoms with Crippen molar-refractivity contribution >= 4 is 27.5 Å². The molecule has 7 heteroatoms. The lowest BCUT2D eigenvalue weighted by Gasteiger charge is -2.31. The maximum absolute atomic E-state index is 13.0. The monoisotopic (exact) mass is 360 g/mol. The highest BCUT2D eigenvalue weighted by Crippen LogP contribution is 2.29. The quantitative estimate of drug-likeness (QED) is 0.844. The first-order chi connectivity index (χ1) is 12.1. The first-order valence-electron chi connectivity index (χ1n) is 9.11. The normalized spacial score (nSPS) is 21.2. The van der Waals surface area contributed by atoms with Gasteiger partial charge in [-0.25, -0.2) is 4.98 Å². The number of fused-ring (bicyclic) bond motifs is 2. The van der Waals surface area contributed by atoms with Gasteiger partial charge in [0.25, 0.3) is 11.5 Å². The molecule has 2 aliphatic heterocycles. The summed E-state index contributed by atoms with van der Waals surface area (Å²) >= 11 is 1.38. The molecule has 1 saturated heterocycles. The number of amides is 1. The van der Waals surface area contributed by atoms with Crippen molar-refractivity contribution in [2.45, 2.75) is 52.1 Å². The van der Waals surface area contributed by atoms with Gasteiger partial charge in [-0.3, -0.25) is 14.2 Å². The van der Waals surface area contributed by atoms with E-state index in [1.807, 2.05) is 16.4 Å². The van der Waals surface area contributed by atoms with Crippen molar-refractivity contribution < 1.29 is 4.79 Å². The topological polar surface area (TPSA) is 67.2 Å². The van der Waals surface area contributed by atoms with E-state index in [1.165, 1.54) is 11.3 Å². The fraction of sp³-hybridized carbons (Fsp3) is 0.611. The zero-order chi connectivity index (χ0) is 17.6. The van der Waals surface area contributed by atoms with Crippen molar-refractivity contribution in [3.8, 4) is 0 Å². The van der Waals surface area contributed by atoms with Crippen molar-refractivity contribution in [2.75, 3.05) is 19.6 Å². The SMILES string of the molecule is Cc1c(C(=O)N2CCNC(C)C2)sc2nc3n(c(=O)c12)CCCCC3. The Balaban J connectivity index is 1.79. The van der Waals surface area contributed by atoms with Crippen LogP contribution in [0.1, 0.15) is 47.2 Å². The standard InChI is InChI=1S/C18H24N4O2S/c1-11-10-21(9-7-19-11)18(24)15-12(2)14-16(25-15)20-13-6-4-3-5-8-22(13)17(14)23/h11,19H,3-10H2,1-2H3. The van der Waals surface area contributed by atoms with Gasteiger partial charge in [0.1, 0.15) is 10.7 Å². The molecule has 4 heterocycles. The number of carbonyl (C=O) groups excluding carboxylic acids is 1. The number of rotatable bonds is 1. The number of piperazine rings is 1. The summed E-state index contributed by atoms with van der Waals surface area (Å²) in [6, 6.07) is 0.298. The van der Waals surface area contributed by atoms with Crippen LogP contribution in [-0.2, 0) is 13.0 Å². The van der Waals surface area contributed by atoms with Gasteiger partial charge in [-0.2, -0.15) is 0 Å². The molecule has 25 heavy (non-hydrogen) atoms. The van der Waals surface area contributed by atoms with Crippen molar-refractivity contribution in [3.05, 3.63) is 26.6 Å². The van der Waals surface area contributed by atoms with Gasteiger partial charge in [0, 0.05) is 38.6 Å². The average molecular weight is 360 g/mol. The van der Waals surface area contributed by atoms with Gasteiger partial charge in [-0.15, -0.1) is 11.3 Å². The minimum atomic E-state index is 0.0309. The van der Waals surface area contributed by atoms with Crippen molar-refractivity contribution in [2.24, 2.45) is 0 Å². The summed E-state index contributed by atoms with van der Waals surface area (Å²) in [7, 11) is 0. The predicted octanol–water partition coefficient (Wildman–Crippen LogP) is 1.93. The molecule has 0 bridgehead atoms. The van der Waals surface area contributed by atoms with Gasteiger partial charge >= 0.3 is 0 Å². The summed E-state index contributed by atoms with van der Waals surface area (Å²) in [4.78, 5) is 34.0. The molecule has 6 nitrogen and oxygen atoms in total. The van der Waals surface area contributed by atoms with E-state index in [1.54, 1.807) is 0 Å². The summed E-state index contributed by atoms with van der Waals surface area (Å²) < 4.78 is 1.83. The van der Waals surface area contributed by atoms with Gasteiger partial charge in [-0.1, -0.05) is 6.42 Å². The lowest BCUT2D eigenvalue weighted by atomic mass is 10.1. The Bertz CT molecular complexity index is 885. The van der Waals surface area contributed by atoms with Crippen LogP contribution in [0.5, 0.6) is 0 Å². The molecule has 0 saturated carbocycles. The van der Waals surface area contributed by atoms with E-state index in [2.05, 4.69) is 12.2 Å². The highest BCUT2D eigenvalue weighted by atomic mass is 32.1. The Hall–Kier alpha value is -1.73. The molecular weight excluding hydrogens is 336 g/mol. The van der Waals surface area contributed by atoms with Crippen LogP contribution < -0.4 is 10.9 Å². The van der Waals surface area contributed by atoms with Crippen LogP contribution in [0.2, 0.25) is 0 Å². The van der Waals surface area contributed by atoms with E-state index in [9.17, 15) is 9.59 Å². The van der Waals surface area contributed by atoms with Crippen molar-refractivity contribution in [1.82, 2.24) is 19.8 Å². The van der Waals surface area contributed by atoms with E-state index in [-0.39, 0.29) is 11.5 Å². The van der Waals surface area contributed by atoms with Gasteiger partial charge in [0.15, 0.2) is 0 Å². The second-order valence-electron chi connectivity index (χ2n) is 7.14. The average Bonchev–Trinajstić information content (AvgIpc) is 2.77. The van der Waals surface area contributed by atoms with Crippen LogP contribution in [0, 0.1) is 6.92 Å². The number of aromatic nitrogens is 2. The minimum Gasteiger partial charge on any atom is -0.335 e. The highest BCUT2D eigenvalue weighted by molar-refractivity contribution is 7.20. The van der Waals surface area contributed by atoms with Crippen molar-refractivity contribution in [1.29, 1.82) is 0 Å². The molecule has 134 valence electrons. The summed E-state index contributed by atoms with van der Waals surface area (Å²) in [6.45, 7) is 6.94. The van der Waals surface area contributed by atoms with E-state index >= 15 is 0 Å². The van der Waals surface area contributed by atoms with Crippen LogP contribution in [0.3, 0.4) is 0 Å². The Morgan fingerprint density at radius 2 is 2.12 bits per heavy atom. The molecule has 1 N–H and O–H groups in total. The number of nitrogens with one attached hydrogen (secondary N) is 1. The predicted molar refractivity (Wildman–Crippen MR) is 99.5 cm³/mol. The molecule has 2 aromatic rings. The fourth-order valence-corrected chi connectivity index (χ4v) is 5.03. The number of carbonyl (C=O) groups is 1. The molecule has 0 aliphatic carbocycles. The smallest absolute Gasteiger partial charge is 0.264 e. The Labute approximate surface area is 150 Å². The maximum Gasteiger partial charge on any atom is 0.264 e. The maximum atomic E-state index is 13.0. The molecule has 1 unspecified atom stereocenters. The third kappa shape index (κ3) is 2.89. The van der Waals surface area contributed by atoms with E-state index in [4.69, 9.17) is 4.98 Å².